The smallest absolute Gasteiger partial charge is 0.154 e. The number of aliphatic hydroxyl groups is 1. The molecule has 5 heteroatoms. The molecule has 1 aromatic carbocycles. The zero-order valence-electron chi connectivity index (χ0n) is 15.3. The van der Waals surface area contributed by atoms with Crippen LogP contribution in [0.25, 0.3) is 6.08 Å². The molecule has 1 aromatic rings. The van der Waals surface area contributed by atoms with Crippen LogP contribution in [-0.2, 0) is 0 Å². The summed E-state index contributed by atoms with van der Waals surface area (Å²) in [6.07, 6.45) is 9.54. The molecule has 140 valence electrons. The van der Waals surface area contributed by atoms with Gasteiger partial charge in [0.15, 0.2) is 6.29 Å². The Balaban J connectivity index is 2.50. The number of phenols is 2. The lowest BCUT2D eigenvalue weighted by molar-refractivity contribution is 0.111. The average Bonchev–Trinajstić information content (AvgIpc) is 2.58. The molecule has 0 heterocycles. The van der Waals surface area contributed by atoms with E-state index in [-0.39, 0.29) is 33.8 Å². The van der Waals surface area contributed by atoms with Gasteiger partial charge in [-0.25, -0.2) is 0 Å². The average molecular weight is 369 g/mol. The molecule has 1 unspecified atom stereocenters. The van der Waals surface area contributed by atoms with Gasteiger partial charge in [0.2, 0.25) is 0 Å². The highest BCUT2D eigenvalue weighted by Gasteiger charge is 2.18. The van der Waals surface area contributed by atoms with E-state index in [0.717, 1.165) is 38.5 Å². The summed E-state index contributed by atoms with van der Waals surface area (Å²) in [7, 11) is 0. The number of rotatable bonds is 10. The number of unbranched alkanes of at least 4 members (excludes halogenated alkanes) is 4. The minimum Gasteiger partial charge on any atom is -0.506 e. The van der Waals surface area contributed by atoms with Crippen molar-refractivity contribution >= 4 is 24.0 Å². The molecule has 0 fully saturated rings. The molecular formula is C20H29ClO4. The van der Waals surface area contributed by atoms with Gasteiger partial charge in [0.1, 0.15) is 11.5 Å². The molecule has 0 aliphatic heterocycles. The number of aliphatic hydroxyl groups excluding tert-OH is 1. The first-order valence-electron chi connectivity index (χ1n) is 8.85. The normalized spacial score (nSPS) is 12.9. The van der Waals surface area contributed by atoms with Crippen LogP contribution in [0.1, 0.15) is 73.9 Å². The van der Waals surface area contributed by atoms with E-state index in [4.69, 9.17) is 11.6 Å². The van der Waals surface area contributed by atoms with Crippen molar-refractivity contribution in [3.05, 3.63) is 27.8 Å². The quantitative estimate of drug-likeness (QED) is 0.389. The van der Waals surface area contributed by atoms with E-state index >= 15 is 0 Å². The molecule has 1 rings (SSSR count). The van der Waals surface area contributed by atoms with Crippen LogP contribution in [0, 0.1) is 12.8 Å². The molecule has 0 aliphatic carbocycles. The molecule has 1 atom stereocenters. The summed E-state index contributed by atoms with van der Waals surface area (Å²) in [5.41, 5.74) is 0.649. The topological polar surface area (TPSA) is 77.8 Å². The number of phenolic OH excluding ortho intramolecular Hbond substituents is 2. The lowest BCUT2D eigenvalue weighted by Crippen LogP contribution is -2.13. The fourth-order valence-corrected chi connectivity index (χ4v) is 2.86. The maximum Gasteiger partial charge on any atom is 0.154 e. The van der Waals surface area contributed by atoms with Crippen LogP contribution < -0.4 is 0 Å². The second-order valence-corrected chi connectivity index (χ2v) is 7.16. The lowest BCUT2D eigenvalue weighted by atomic mass is 10.00. The first-order chi connectivity index (χ1) is 11.8. The second kappa shape index (κ2) is 10.5. The molecule has 0 radical (unpaired) electrons. The van der Waals surface area contributed by atoms with Gasteiger partial charge >= 0.3 is 0 Å². The maximum absolute atomic E-state index is 11.1. The number of benzene rings is 1. The first kappa shape index (κ1) is 21.5. The minimum absolute atomic E-state index is 0.0864. The maximum atomic E-state index is 11.1. The summed E-state index contributed by atoms with van der Waals surface area (Å²) in [6.45, 7) is 5.62. The van der Waals surface area contributed by atoms with Gasteiger partial charge in [-0.15, -0.1) is 0 Å². The van der Waals surface area contributed by atoms with E-state index in [1.165, 1.54) is 0 Å². The molecule has 0 spiro atoms. The van der Waals surface area contributed by atoms with Gasteiger partial charge in [-0.05, 0) is 37.7 Å². The third kappa shape index (κ3) is 6.05. The fourth-order valence-electron chi connectivity index (χ4n) is 2.65. The van der Waals surface area contributed by atoms with Crippen LogP contribution in [0.5, 0.6) is 11.5 Å². The Kier molecular flexibility index (Phi) is 9.01. The van der Waals surface area contributed by atoms with Crippen molar-refractivity contribution < 1.29 is 20.1 Å². The van der Waals surface area contributed by atoms with Crippen molar-refractivity contribution in [3.63, 3.8) is 0 Å². The largest absolute Gasteiger partial charge is 0.506 e. The van der Waals surface area contributed by atoms with Crippen molar-refractivity contribution in [3.8, 4) is 11.5 Å². The summed E-state index contributed by atoms with van der Waals surface area (Å²) < 4.78 is 0. The molecule has 0 amide bonds. The number of aldehydes is 1. The van der Waals surface area contributed by atoms with E-state index in [1.807, 2.05) is 19.9 Å². The van der Waals surface area contributed by atoms with Crippen LogP contribution >= 0.6 is 11.6 Å². The van der Waals surface area contributed by atoms with E-state index in [1.54, 1.807) is 13.0 Å². The molecule has 0 aliphatic rings. The Bertz CT molecular complexity index is 608. The predicted octanol–water partition coefficient (Wildman–Crippen LogP) is 5.24. The Labute approximate surface area is 155 Å². The fraction of sp³-hybridized carbons (Fsp3) is 0.550. The zero-order valence-corrected chi connectivity index (χ0v) is 16.0. The van der Waals surface area contributed by atoms with E-state index in [0.29, 0.717) is 17.8 Å². The van der Waals surface area contributed by atoms with Gasteiger partial charge in [0.05, 0.1) is 22.3 Å². The molecular weight excluding hydrogens is 340 g/mol. The number of hydrogen-bond donors (Lipinski definition) is 3. The molecule has 25 heavy (non-hydrogen) atoms. The molecule has 4 nitrogen and oxygen atoms in total. The summed E-state index contributed by atoms with van der Waals surface area (Å²) in [4.78, 5) is 11.1. The predicted molar refractivity (Wildman–Crippen MR) is 102 cm³/mol. The van der Waals surface area contributed by atoms with Gasteiger partial charge in [-0.1, -0.05) is 56.9 Å². The van der Waals surface area contributed by atoms with Gasteiger partial charge in [-0.2, -0.15) is 0 Å². The standard InChI is InChI=1S/C20H29ClO4/c1-13(2)17(23)11-9-7-5-4-6-8-10-15-19(24)16(12-22)14(3)18(21)20(15)25/h8,10,12-13,17,23-25H,4-7,9,11H2,1-3H3/b10-8+. The number of hydrogen-bond acceptors (Lipinski definition) is 4. The summed E-state index contributed by atoms with van der Waals surface area (Å²) >= 11 is 6.01. The number of aromatic hydroxyl groups is 2. The monoisotopic (exact) mass is 368 g/mol. The zero-order chi connectivity index (χ0) is 19.0. The van der Waals surface area contributed by atoms with Crippen LogP contribution in [0.15, 0.2) is 6.08 Å². The number of carbonyl (C=O) groups is 1. The van der Waals surface area contributed by atoms with Crippen molar-refractivity contribution in [2.24, 2.45) is 5.92 Å². The van der Waals surface area contributed by atoms with Gasteiger partial charge < -0.3 is 15.3 Å². The molecule has 0 bridgehead atoms. The SMILES string of the molecule is Cc1c(Cl)c(O)c(/C=C/CCCCCCC(O)C(C)C)c(O)c1C=O. The number of allylic oxidation sites excluding steroid dienone is 1. The Hall–Kier alpha value is -1.52. The Morgan fingerprint density at radius 2 is 1.68 bits per heavy atom. The van der Waals surface area contributed by atoms with Crippen LogP contribution in [-0.4, -0.2) is 27.7 Å². The summed E-state index contributed by atoms with van der Waals surface area (Å²) in [6, 6.07) is 0. The van der Waals surface area contributed by atoms with Crippen molar-refractivity contribution in [2.75, 3.05) is 0 Å². The highest BCUT2D eigenvalue weighted by molar-refractivity contribution is 6.33. The Morgan fingerprint density at radius 3 is 2.28 bits per heavy atom. The van der Waals surface area contributed by atoms with Crippen LogP contribution in [0.4, 0.5) is 0 Å². The van der Waals surface area contributed by atoms with Crippen LogP contribution in [0.2, 0.25) is 5.02 Å². The summed E-state index contributed by atoms with van der Waals surface area (Å²) in [5, 5.41) is 30.0. The van der Waals surface area contributed by atoms with Crippen molar-refractivity contribution in [2.45, 2.75) is 65.4 Å². The highest BCUT2D eigenvalue weighted by atomic mass is 35.5. The molecule has 0 aromatic heterocycles. The van der Waals surface area contributed by atoms with Crippen LogP contribution in [0.3, 0.4) is 0 Å². The number of halogens is 1. The van der Waals surface area contributed by atoms with Gasteiger partial charge in [0, 0.05) is 0 Å². The van der Waals surface area contributed by atoms with E-state index < -0.39 is 0 Å². The van der Waals surface area contributed by atoms with Gasteiger partial charge in [0.25, 0.3) is 0 Å². The van der Waals surface area contributed by atoms with Crippen molar-refractivity contribution in [1.29, 1.82) is 0 Å². The van der Waals surface area contributed by atoms with Gasteiger partial charge in [-0.3, -0.25) is 4.79 Å². The molecule has 0 saturated carbocycles. The van der Waals surface area contributed by atoms with E-state index in [9.17, 15) is 20.1 Å². The minimum atomic E-state index is -0.242. The van der Waals surface area contributed by atoms with Crippen molar-refractivity contribution in [1.82, 2.24) is 0 Å². The second-order valence-electron chi connectivity index (χ2n) is 6.79. The molecule has 0 saturated heterocycles. The molecule has 3 N–H and O–H groups in total. The Morgan fingerprint density at radius 1 is 1.04 bits per heavy atom. The third-order valence-electron chi connectivity index (χ3n) is 4.50. The third-order valence-corrected chi connectivity index (χ3v) is 4.96. The summed E-state index contributed by atoms with van der Waals surface area (Å²) in [5.74, 6) is -0.143. The highest BCUT2D eigenvalue weighted by Crippen LogP contribution is 2.40. The number of carbonyl (C=O) groups excluding carboxylic acids is 1. The lowest BCUT2D eigenvalue weighted by Gasteiger charge is -2.13. The first-order valence-corrected chi connectivity index (χ1v) is 9.22. The van der Waals surface area contributed by atoms with E-state index in [2.05, 4.69) is 0 Å².